The summed E-state index contributed by atoms with van der Waals surface area (Å²) in [6.45, 7) is 1.12. The third-order valence-corrected chi connectivity index (χ3v) is 3.36. The van der Waals surface area contributed by atoms with E-state index in [0.29, 0.717) is 5.56 Å². The fourth-order valence-electron chi connectivity index (χ4n) is 2.20. The summed E-state index contributed by atoms with van der Waals surface area (Å²) in [4.78, 5) is 36.9. The van der Waals surface area contributed by atoms with Gasteiger partial charge in [0, 0.05) is 6.54 Å². The number of urea groups is 1. The number of carbonyl (C=O) groups excluding carboxylic acids is 3. The van der Waals surface area contributed by atoms with Gasteiger partial charge in [0.05, 0.1) is 6.61 Å². The van der Waals surface area contributed by atoms with Gasteiger partial charge in [0.2, 0.25) is 5.91 Å². The number of nitrogens with one attached hydrogen (secondary N) is 2. The Bertz CT molecular complexity index is 561. The van der Waals surface area contributed by atoms with Crippen LogP contribution in [0.3, 0.4) is 0 Å². The highest BCUT2D eigenvalue weighted by Crippen LogP contribution is 2.28. The molecular formula is C14H17N3O4. The second-order valence-electron chi connectivity index (χ2n) is 4.89. The zero-order chi connectivity index (χ0) is 15.5. The van der Waals surface area contributed by atoms with Crippen LogP contribution in [-0.4, -0.2) is 47.5 Å². The molecule has 1 fully saturated rings. The first-order chi connectivity index (χ1) is 9.99. The molecule has 0 radical (unpaired) electrons. The number of hydrogen-bond donors (Lipinski definition) is 3. The van der Waals surface area contributed by atoms with Crippen molar-refractivity contribution in [2.75, 3.05) is 19.7 Å². The molecule has 7 heteroatoms. The molecule has 0 bridgehead atoms. The van der Waals surface area contributed by atoms with Crippen LogP contribution < -0.4 is 10.6 Å². The molecule has 1 atom stereocenters. The SMILES string of the molecule is C[C@]1(c2ccccc2)NC(=O)N(CC(=O)NCCO)C1=O. The molecule has 0 aliphatic carbocycles. The Labute approximate surface area is 121 Å². The minimum atomic E-state index is -1.17. The molecule has 0 unspecified atom stereocenters. The zero-order valence-electron chi connectivity index (χ0n) is 11.6. The van der Waals surface area contributed by atoms with E-state index in [4.69, 9.17) is 5.11 Å². The molecule has 1 saturated heterocycles. The number of hydrogen-bond acceptors (Lipinski definition) is 4. The number of aliphatic hydroxyl groups excluding tert-OH is 1. The van der Waals surface area contributed by atoms with E-state index in [1.165, 1.54) is 0 Å². The molecule has 0 spiro atoms. The van der Waals surface area contributed by atoms with E-state index >= 15 is 0 Å². The number of carbonyl (C=O) groups is 3. The van der Waals surface area contributed by atoms with Gasteiger partial charge < -0.3 is 15.7 Å². The number of rotatable bonds is 5. The van der Waals surface area contributed by atoms with Crippen LogP contribution in [0.4, 0.5) is 4.79 Å². The molecule has 1 heterocycles. The third kappa shape index (κ3) is 2.87. The van der Waals surface area contributed by atoms with Crippen LogP contribution in [-0.2, 0) is 15.1 Å². The van der Waals surface area contributed by atoms with Crippen LogP contribution in [0.25, 0.3) is 0 Å². The van der Waals surface area contributed by atoms with E-state index in [9.17, 15) is 14.4 Å². The van der Waals surface area contributed by atoms with E-state index in [2.05, 4.69) is 10.6 Å². The lowest BCUT2D eigenvalue weighted by atomic mass is 9.92. The summed E-state index contributed by atoms with van der Waals surface area (Å²) < 4.78 is 0. The van der Waals surface area contributed by atoms with Crippen molar-refractivity contribution in [1.29, 1.82) is 0 Å². The van der Waals surface area contributed by atoms with Crippen LogP contribution in [0, 0.1) is 0 Å². The number of aliphatic hydroxyl groups is 1. The highest BCUT2D eigenvalue weighted by Gasteiger charge is 2.49. The second kappa shape index (κ2) is 5.92. The summed E-state index contributed by atoms with van der Waals surface area (Å²) in [6, 6.07) is 8.24. The predicted molar refractivity (Wildman–Crippen MR) is 74.1 cm³/mol. The summed E-state index contributed by atoms with van der Waals surface area (Å²) in [7, 11) is 0. The molecule has 7 nitrogen and oxygen atoms in total. The molecule has 3 N–H and O–H groups in total. The Balaban J connectivity index is 2.15. The lowest BCUT2D eigenvalue weighted by molar-refractivity contribution is -0.134. The normalized spacial score (nSPS) is 21.3. The van der Waals surface area contributed by atoms with Crippen molar-refractivity contribution >= 4 is 17.8 Å². The van der Waals surface area contributed by atoms with E-state index in [1.54, 1.807) is 31.2 Å². The fourth-order valence-corrected chi connectivity index (χ4v) is 2.20. The number of nitrogens with zero attached hydrogens (tertiary/aromatic N) is 1. The van der Waals surface area contributed by atoms with Gasteiger partial charge in [0.25, 0.3) is 5.91 Å². The van der Waals surface area contributed by atoms with Gasteiger partial charge in [-0.1, -0.05) is 30.3 Å². The summed E-state index contributed by atoms with van der Waals surface area (Å²) in [5.74, 6) is -0.970. The number of benzene rings is 1. The van der Waals surface area contributed by atoms with E-state index in [-0.39, 0.29) is 19.7 Å². The summed E-state index contributed by atoms with van der Waals surface area (Å²) in [5, 5.41) is 13.7. The lowest BCUT2D eigenvalue weighted by Crippen LogP contribution is -2.43. The smallest absolute Gasteiger partial charge is 0.325 e. The van der Waals surface area contributed by atoms with Gasteiger partial charge in [-0.25, -0.2) is 4.79 Å². The average Bonchev–Trinajstić information content (AvgIpc) is 2.70. The molecule has 2 rings (SSSR count). The molecule has 0 saturated carbocycles. The topological polar surface area (TPSA) is 98.7 Å². The second-order valence-corrected chi connectivity index (χ2v) is 4.89. The van der Waals surface area contributed by atoms with Gasteiger partial charge in [-0.15, -0.1) is 0 Å². The lowest BCUT2D eigenvalue weighted by Gasteiger charge is -2.22. The number of imide groups is 1. The van der Waals surface area contributed by atoms with Crippen molar-refractivity contribution in [1.82, 2.24) is 15.5 Å². The maximum atomic E-state index is 12.5. The van der Waals surface area contributed by atoms with Crippen LogP contribution in [0.2, 0.25) is 0 Å². The Morgan fingerprint density at radius 1 is 1.33 bits per heavy atom. The molecule has 0 aromatic heterocycles. The average molecular weight is 291 g/mol. The highest BCUT2D eigenvalue weighted by atomic mass is 16.3. The van der Waals surface area contributed by atoms with Crippen molar-refractivity contribution in [2.24, 2.45) is 0 Å². The van der Waals surface area contributed by atoms with Crippen LogP contribution in [0.1, 0.15) is 12.5 Å². The molecule has 4 amide bonds. The highest BCUT2D eigenvalue weighted by molar-refractivity contribution is 6.09. The van der Waals surface area contributed by atoms with Crippen LogP contribution >= 0.6 is 0 Å². The Morgan fingerprint density at radius 2 is 2.00 bits per heavy atom. The van der Waals surface area contributed by atoms with Gasteiger partial charge in [-0.05, 0) is 12.5 Å². The summed E-state index contributed by atoms with van der Waals surface area (Å²) in [5.41, 5.74) is -0.517. The molecule has 1 aliphatic heterocycles. The number of amides is 4. The van der Waals surface area contributed by atoms with Crippen molar-refractivity contribution < 1.29 is 19.5 Å². The van der Waals surface area contributed by atoms with Crippen LogP contribution in [0.15, 0.2) is 30.3 Å². The largest absolute Gasteiger partial charge is 0.395 e. The van der Waals surface area contributed by atoms with Crippen molar-refractivity contribution in [3.05, 3.63) is 35.9 Å². The van der Waals surface area contributed by atoms with Crippen molar-refractivity contribution in [3.8, 4) is 0 Å². The van der Waals surface area contributed by atoms with Gasteiger partial charge in [-0.3, -0.25) is 14.5 Å². The van der Waals surface area contributed by atoms with Crippen molar-refractivity contribution in [3.63, 3.8) is 0 Å². The van der Waals surface area contributed by atoms with Gasteiger partial charge in [0.15, 0.2) is 0 Å². The van der Waals surface area contributed by atoms with Gasteiger partial charge >= 0.3 is 6.03 Å². The van der Waals surface area contributed by atoms with Gasteiger partial charge in [-0.2, -0.15) is 0 Å². The Kier molecular flexibility index (Phi) is 4.23. The molecule has 21 heavy (non-hydrogen) atoms. The molecule has 1 aromatic rings. The maximum Gasteiger partial charge on any atom is 0.325 e. The quantitative estimate of drug-likeness (QED) is 0.641. The maximum absolute atomic E-state index is 12.5. The van der Waals surface area contributed by atoms with Gasteiger partial charge in [0.1, 0.15) is 12.1 Å². The molecule has 1 aliphatic rings. The summed E-state index contributed by atoms with van der Waals surface area (Å²) >= 11 is 0. The molecule has 1 aromatic carbocycles. The minimum Gasteiger partial charge on any atom is -0.395 e. The van der Waals surface area contributed by atoms with E-state index < -0.39 is 23.4 Å². The van der Waals surface area contributed by atoms with E-state index in [0.717, 1.165) is 4.90 Å². The standard InChI is InChI=1S/C14H17N3O4/c1-14(10-5-3-2-4-6-10)12(20)17(13(21)16-14)9-11(19)15-7-8-18/h2-6,18H,7-9H2,1H3,(H,15,19)(H,16,21)/t14-/m1/s1. The molecular weight excluding hydrogens is 274 g/mol. The third-order valence-electron chi connectivity index (χ3n) is 3.36. The zero-order valence-corrected chi connectivity index (χ0v) is 11.6. The van der Waals surface area contributed by atoms with E-state index in [1.807, 2.05) is 6.07 Å². The minimum absolute atomic E-state index is 0.0818. The Hall–Kier alpha value is -2.41. The summed E-state index contributed by atoms with van der Waals surface area (Å²) in [6.07, 6.45) is 0. The molecule has 112 valence electrons. The fraction of sp³-hybridized carbons (Fsp3) is 0.357. The first kappa shape index (κ1) is 15.0. The first-order valence-corrected chi connectivity index (χ1v) is 6.56. The Morgan fingerprint density at radius 3 is 2.62 bits per heavy atom. The van der Waals surface area contributed by atoms with Crippen LogP contribution in [0.5, 0.6) is 0 Å². The predicted octanol–water partition coefficient (Wildman–Crippen LogP) is -0.438. The monoisotopic (exact) mass is 291 g/mol. The van der Waals surface area contributed by atoms with Crippen molar-refractivity contribution in [2.45, 2.75) is 12.5 Å². The first-order valence-electron chi connectivity index (χ1n) is 6.56.